The molecule has 1 nitrogen and oxygen atoms in total. The minimum absolute atomic E-state index is 0.0932. The topological polar surface area (TPSA) is 17.1 Å². The van der Waals surface area contributed by atoms with E-state index in [9.17, 15) is 22.4 Å². The number of halogens is 4. The number of ketones is 1. The molecule has 1 aromatic carbocycles. The van der Waals surface area contributed by atoms with Crippen molar-refractivity contribution in [1.82, 2.24) is 0 Å². The molecule has 16 heavy (non-hydrogen) atoms. The van der Waals surface area contributed by atoms with Gasteiger partial charge in [0.05, 0.1) is 4.90 Å². The highest BCUT2D eigenvalue weighted by molar-refractivity contribution is 8.00. The molecule has 0 saturated heterocycles. The molecule has 6 heteroatoms. The first-order valence-electron chi connectivity index (χ1n) is 4.42. The van der Waals surface area contributed by atoms with Crippen LogP contribution < -0.4 is 0 Å². The molecule has 0 heterocycles. The quantitative estimate of drug-likeness (QED) is 0.459. The van der Waals surface area contributed by atoms with Gasteiger partial charge in [0, 0.05) is 12.0 Å². The van der Waals surface area contributed by atoms with Crippen LogP contribution in [0.4, 0.5) is 17.6 Å². The van der Waals surface area contributed by atoms with Crippen LogP contribution in [0.1, 0.15) is 23.7 Å². The third kappa shape index (κ3) is 3.52. The van der Waals surface area contributed by atoms with Crippen LogP contribution in [0.15, 0.2) is 23.1 Å². The van der Waals surface area contributed by atoms with Gasteiger partial charge in [-0.15, -0.1) is 0 Å². The molecule has 1 aromatic rings. The smallest absolute Gasteiger partial charge is 0.294 e. The largest absolute Gasteiger partial charge is 0.446 e. The number of alkyl halides is 3. The van der Waals surface area contributed by atoms with Crippen LogP contribution in [0.25, 0.3) is 0 Å². The SMILES string of the molecule is CCC(=O)c1ccc(F)c(SC(F)(F)F)c1. The summed E-state index contributed by atoms with van der Waals surface area (Å²) < 4.78 is 49.2. The van der Waals surface area contributed by atoms with Gasteiger partial charge in [0.25, 0.3) is 0 Å². The zero-order valence-corrected chi connectivity index (χ0v) is 9.08. The molecule has 1 rings (SSSR count). The molecule has 0 amide bonds. The summed E-state index contributed by atoms with van der Waals surface area (Å²) in [7, 11) is 0. The molecule has 0 N–H and O–H groups in total. The van der Waals surface area contributed by atoms with Crippen LogP contribution in [0.2, 0.25) is 0 Å². The first-order valence-corrected chi connectivity index (χ1v) is 5.23. The molecular formula is C10H8F4OS. The second kappa shape index (κ2) is 4.86. The van der Waals surface area contributed by atoms with Crippen molar-refractivity contribution in [3.05, 3.63) is 29.6 Å². The molecular weight excluding hydrogens is 244 g/mol. The molecule has 0 aliphatic carbocycles. The number of carbonyl (C=O) groups is 1. The fourth-order valence-corrected chi connectivity index (χ4v) is 1.68. The Morgan fingerprint density at radius 2 is 2.00 bits per heavy atom. The zero-order valence-electron chi connectivity index (χ0n) is 8.27. The van der Waals surface area contributed by atoms with Crippen molar-refractivity contribution < 1.29 is 22.4 Å². The zero-order chi connectivity index (χ0) is 12.3. The predicted octanol–water partition coefficient (Wildman–Crippen LogP) is 4.03. The molecule has 0 atom stereocenters. The van der Waals surface area contributed by atoms with Gasteiger partial charge in [-0.25, -0.2) is 4.39 Å². The molecule has 88 valence electrons. The summed E-state index contributed by atoms with van der Waals surface area (Å²) in [4.78, 5) is 10.7. The maximum absolute atomic E-state index is 13.0. The van der Waals surface area contributed by atoms with Crippen LogP contribution in [0, 0.1) is 5.82 Å². The predicted molar refractivity (Wildman–Crippen MR) is 52.9 cm³/mol. The minimum atomic E-state index is -4.56. The van der Waals surface area contributed by atoms with E-state index in [-0.39, 0.29) is 17.8 Å². The van der Waals surface area contributed by atoms with E-state index in [4.69, 9.17) is 0 Å². The van der Waals surface area contributed by atoms with Gasteiger partial charge < -0.3 is 0 Å². The summed E-state index contributed by atoms with van der Waals surface area (Å²) in [6, 6.07) is 2.98. The van der Waals surface area contributed by atoms with E-state index in [2.05, 4.69) is 0 Å². The Morgan fingerprint density at radius 3 is 2.50 bits per heavy atom. The van der Waals surface area contributed by atoms with Gasteiger partial charge in [-0.3, -0.25) is 4.79 Å². The van der Waals surface area contributed by atoms with Crippen molar-refractivity contribution >= 4 is 17.5 Å². The Morgan fingerprint density at radius 1 is 1.38 bits per heavy atom. The van der Waals surface area contributed by atoms with Gasteiger partial charge in [0.15, 0.2) is 5.78 Å². The van der Waals surface area contributed by atoms with Crippen molar-refractivity contribution in [3.8, 4) is 0 Å². The standard InChI is InChI=1S/C10H8F4OS/c1-2-8(15)6-3-4-7(11)9(5-6)16-10(12,13)14/h3-5H,2H2,1H3. The van der Waals surface area contributed by atoms with Gasteiger partial charge in [-0.1, -0.05) is 6.92 Å². The molecule has 0 spiro atoms. The lowest BCUT2D eigenvalue weighted by Crippen LogP contribution is -2.02. The fourth-order valence-electron chi connectivity index (χ4n) is 1.08. The van der Waals surface area contributed by atoms with Gasteiger partial charge in [0.2, 0.25) is 0 Å². The van der Waals surface area contributed by atoms with E-state index in [1.807, 2.05) is 0 Å². The van der Waals surface area contributed by atoms with E-state index < -0.39 is 28.0 Å². The molecule has 0 unspecified atom stereocenters. The van der Waals surface area contributed by atoms with E-state index >= 15 is 0 Å². The summed E-state index contributed by atoms with van der Waals surface area (Å²) in [5, 5.41) is 0. The maximum atomic E-state index is 13.0. The molecule has 0 radical (unpaired) electrons. The fraction of sp³-hybridized carbons (Fsp3) is 0.300. The monoisotopic (exact) mass is 252 g/mol. The Hall–Kier alpha value is -1.04. The number of Topliss-reactive ketones (excluding diaryl/α,β-unsaturated/α-hetero) is 1. The summed E-state index contributed by atoms with van der Waals surface area (Å²) in [6.45, 7) is 1.59. The highest BCUT2D eigenvalue weighted by atomic mass is 32.2. The molecule has 0 fully saturated rings. The molecule has 0 saturated carbocycles. The summed E-state index contributed by atoms with van der Waals surface area (Å²) in [5.41, 5.74) is -4.47. The first kappa shape index (κ1) is 13.0. The lowest BCUT2D eigenvalue weighted by atomic mass is 10.1. The molecule has 0 bridgehead atoms. The number of rotatable bonds is 3. The average molecular weight is 252 g/mol. The van der Waals surface area contributed by atoms with Gasteiger partial charge in [-0.2, -0.15) is 13.2 Å². The van der Waals surface area contributed by atoms with E-state index in [0.717, 1.165) is 12.1 Å². The lowest BCUT2D eigenvalue weighted by molar-refractivity contribution is -0.0329. The average Bonchev–Trinajstić information content (AvgIpc) is 2.18. The Kier molecular flexibility index (Phi) is 3.96. The lowest BCUT2D eigenvalue weighted by Gasteiger charge is -2.07. The number of benzene rings is 1. The highest BCUT2D eigenvalue weighted by Crippen LogP contribution is 2.38. The summed E-state index contributed by atoms with van der Waals surface area (Å²) in [5.74, 6) is -1.29. The second-order valence-electron chi connectivity index (χ2n) is 2.97. The van der Waals surface area contributed by atoms with Crippen molar-refractivity contribution in [1.29, 1.82) is 0 Å². The van der Waals surface area contributed by atoms with Crippen molar-refractivity contribution in [3.63, 3.8) is 0 Å². The number of hydrogen-bond donors (Lipinski definition) is 0. The van der Waals surface area contributed by atoms with Gasteiger partial charge in [-0.05, 0) is 30.0 Å². The van der Waals surface area contributed by atoms with E-state index in [1.54, 1.807) is 6.92 Å². The summed E-state index contributed by atoms with van der Waals surface area (Å²) >= 11 is -0.558. The first-order chi connectivity index (χ1) is 7.33. The molecule has 0 aromatic heterocycles. The second-order valence-corrected chi connectivity index (χ2v) is 4.08. The van der Waals surface area contributed by atoms with E-state index in [1.165, 1.54) is 6.07 Å². The summed E-state index contributed by atoms with van der Waals surface area (Å²) in [6.07, 6.45) is 0.168. The van der Waals surface area contributed by atoms with Crippen molar-refractivity contribution in [2.24, 2.45) is 0 Å². The number of carbonyl (C=O) groups excluding carboxylic acids is 1. The normalized spacial score (nSPS) is 11.6. The van der Waals surface area contributed by atoms with Gasteiger partial charge >= 0.3 is 5.51 Å². The molecule has 0 aliphatic rings. The van der Waals surface area contributed by atoms with Gasteiger partial charge in [0.1, 0.15) is 5.82 Å². The third-order valence-corrected chi connectivity index (χ3v) is 2.56. The minimum Gasteiger partial charge on any atom is -0.294 e. The van der Waals surface area contributed by atoms with E-state index in [0.29, 0.717) is 0 Å². The third-order valence-electron chi connectivity index (χ3n) is 1.80. The van der Waals surface area contributed by atoms with Crippen LogP contribution >= 0.6 is 11.8 Å². The maximum Gasteiger partial charge on any atom is 0.446 e. The molecule has 0 aliphatic heterocycles. The Balaban J connectivity index is 3.04. The van der Waals surface area contributed by atoms with Crippen molar-refractivity contribution in [2.75, 3.05) is 0 Å². The van der Waals surface area contributed by atoms with Crippen LogP contribution in [0.5, 0.6) is 0 Å². The van der Waals surface area contributed by atoms with Crippen LogP contribution in [0.3, 0.4) is 0 Å². The number of hydrogen-bond acceptors (Lipinski definition) is 2. The Bertz CT molecular complexity index is 400. The van der Waals surface area contributed by atoms with Crippen molar-refractivity contribution in [2.45, 2.75) is 23.7 Å². The van der Waals surface area contributed by atoms with Crippen LogP contribution in [-0.2, 0) is 0 Å². The number of thioether (sulfide) groups is 1. The van der Waals surface area contributed by atoms with Crippen LogP contribution in [-0.4, -0.2) is 11.3 Å². The Labute approximate surface area is 93.8 Å². The highest BCUT2D eigenvalue weighted by Gasteiger charge is 2.31.